The fourth-order valence-electron chi connectivity index (χ4n) is 1.81. The van der Waals surface area contributed by atoms with E-state index in [9.17, 15) is 14.4 Å². The van der Waals surface area contributed by atoms with Crippen LogP contribution in [0, 0.1) is 0 Å². The maximum absolute atomic E-state index is 11.7. The minimum atomic E-state index is -0.343. The number of carbonyl (C=O) groups excluding carboxylic acids is 2. The fraction of sp³-hybridized carbons (Fsp3) is 0.455. The molecule has 1 aliphatic carbocycles. The summed E-state index contributed by atoms with van der Waals surface area (Å²) in [5, 5.41) is 8.65. The highest BCUT2D eigenvalue weighted by Gasteiger charge is 2.21. The second-order valence-electron chi connectivity index (χ2n) is 4.09. The highest BCUT2D eigenvalue weighted by molar-refractivity contribution is 5.92. The number of H-pyrrole nitrogens is 1. The van der Waals surface area contributed by atoms with Gasteiger partial charge in [-0.15, -0.1) is 0 Å². The maximum atomic E-state index is 11.7. The van der Waals surface area contributed by atoms with Crippen LogP contribution in [-0.2, 0) is 4.79 Å². The van der Waals surface area contributed by atoms with E-state index in [4.69, 9.17) is 0 Å². The first kappa shape index (κ1) is 11.5. The van der Waals surface area contributed by atoms with Gasteiger partial charge in [0.2, 0.25) is 0 Å². The number of carbonyl (C=O) groups is 2. The van der Waals surface area contributed by atoms with Gasteiger partial charge in [0.15, 0.2) is 0 Å². The van der Waals surface area contributed by atoms with E-state index >= 15 is 0 Å². The predicted octanol–water partition coefficient (Wildman–Crippen LogP) is 0.0114. The molecule has 0 atom stereocenters. The molecule has 17 heavy (non-hydrogen) atoms. The van der Waals surface area contributed by atoms with Gasteiger partial charge in [-0.3, -0.25) is 14.4 Å². The summed E-state index contributed by atoms with van der Waals surface area (Å²) >= 11 is 0. The van der Waals surface area contributed by atoms with Crippen molar-refractivity contribution in [1.82, 2.24) is 15.5 Å². The van der Waals surface area contributed by atoms with E-state index in [2.05, 4.69) is 15.5 Å². The zero-order valence-electron chi connectivity index (χ0n) is 9.23. The molecule has 1 saturated carbocycles. The third-order valence-electron chi connectivity index (χ3n) is 2.79. The van der Waals surface area contributed by atoms with Crippen molar-refractivity contribution in [2.75, 3.05) is 0 Å². The lowest BCUT2D eigenvalue weighted by Gasteiger charge is -2.21. The van der Waals surface area contributed by atoms with Crippen molar-refractivity contribution in [3.8, 4) is 0 Å². The van der Waals surface area contributed by atoms with E-state index in [1.54, 1.807) is 0 Å². The number of rotatable bonds is 2. The third-order valence-corrected chi connectivity index (χ3v) is 2.79. The first-order chi connectivity index (χ1) is 8.15. The molecular formula is C11H13N3O3. The molecule has 90 valence electrons. The zero-order chi connectivity index (χ0) is 12.3. The van der Waals surface area contributed by atoms with Gasteiger partial charge in [-0.05, 0) is 18.9 Å². The highest BCUT2D eigenvalue weighted by Crippen LogP contribution is 2.14. The summed E-state index contributed by atoms with van der Waals surface area (Å²) in [6.45, 7) is 0. The third kappa shape index (κ3) is 2.99. The second-order valence-corrected chi connectivity index (χ2v) is 4.09. The monoisotopic (exact) mass is 235 g/mol. The summed E-state index contributed by atoms with van der Waals surface area (Å²) in [6, 6.07) is 2.66. The normalized spacial score (nSPS) is 16.8. The van der Waals surface area contributed by atoms with E-state index in [-0.39, 0.29) is 29.0 Å². The summed E-state index contributed by atoms with van der Waals surface area (Å²) in [4.78, 5) is 33.5. The minimum absolute atomic E-state index is 0.0222. The van der Waals surface area contributed by atoms with Crippen molar-refractivity contribution in [3.05, 3.63) is 28.2 Å². The van der Waals surface area contributed by atoms with Gasteiger partial charge in [0.25, 0.3) is 11.5 Å². The van der Waals surface area contributed by atoms with Gasteiger partial charge in [-0.25, -0.2) is 5.10 Å². The van der Waals surface area contributed by atoms with Crippen LogP contribution < -0.4 is 10.9 Å². The van der Waals surface area contributed by atoms with Crippen LogP contribution in [0.2, 0.25) is 0 Å². The average molecular weight is 235 g/mol. The van der Waals surface area contributed by atoms with Crippen molar-refractivity contribution in [2.45, 2.75) is 31.7 Å². The molecule has 1 fully saturated rings. The number of aromatic amines is 1. The summed E-state index contributed by atoms with van der Waals surface area (Å²) in [5.41, 5.74) is -0.161. The van der Waals surface area contributed by atoms with Gasteiger partial charge >= 0.3 is 0 Å². The van der Waals surface area contributed by atoms with E-state index in [1.165, 1.54) is 12.1 Å². The Hall–Kier alpha value is -1.98. The Bertz CT molecular complexity index is 464. The predicted molar refractivity (Wildman–Crippen MR) is 59.6 cm³/mol. The lowest BCUT2D eigenvalue weighted by atomic mass is 9.94. The first-order valence-corrected chi connectivity index (χ1v) is 5.53. The molecule has 2 rings (SSSR count). The lowest BCUT2D eigenvalue weighted by molar-refractivity contribution is -0.120. The Labute approximate surface area is 97.4 Å². The average Bonchev–Trinajstić information content (AvgIpc) is 2.33. The number of aromatic nitrogens is 2. The molecule has 0 radical (unpaired) electrons. The molecule has 0 spiro atoms. The molecule has 1 amide bonds. The maximum Gasteiger partial charge on any atom is 0.271 e. The quantitative estimate of drug-likeness (QED) is 0.755. The number of nitrogens with zero attached hydrogens (tertiary/aromatic N) is 1. The molecule has 0 aliphatic heterocycles. The van der Waals surface area contributed by atoms with Crippen LogP contribution in [0.4, 0.5) is 0 Å². The number of hydrogen-bond acceptors (Lipinski definition) is 4. The molecule has 1 aromatic heterocycles. The molecule has 1 aromatic rings. The van der Waals surface area contributed by atoms with Gasteiger partial charge in [-0.1, -0.05) is 0 Å². The molecule has 0 bridgehead atoms. The van der Waals surface area contributed by atoms with Crippen LogP contribution in [0.5, 0.6) is 0 Å². The number of hydrogen-bond donors (Lipinski definition) is 2. The van der Waals surface area contributed by atoms with Crippen molar-refractivity contribution >= 4 is 11.7 Å². The van der Waals surface area contributed by atoms with Crippen LogP contribution in [0.3, 0.4) is 0 Å². The van der Waals surface area contributed by atoms with Crippen LogP contribution >= 0.6 is 0 Å². The fourth-order valence-corrected chi connectivity index (χ4v) is 1.81. The van der Waals surface area contributed by atoms with E-state index in [0.717, 1.165) is 0 Å². The molecule has 0 saturated heterocycles. The molecule has 1 aliphatic rings. The SMILES string of the molecule is O=C1CCC(NC(=O)c2ccc(=O)[nH]n2)CC1. The number of amides is 1. The van der Waals surface area contributed by atoms with Gasteiger partial charge in [0, 0.05) is 24.9 Å². The van der Waals surface area contributed by atoms with Crippen molar-refractivity contribution in [1.29, 1.82) is 0 Å². The summed E-state index contributed by atoms with van der Waals surface area (Å²) in [5.74, 6) is -0.0711. The van der Waals surface area contributed by atoms with Crippen LogP contribution in [-0.4, -0.2) is 27.9 Å². The molecule has 0 unspecified atom stereocenters. The minimum Gasteiger partial charge on any atom is -0.348 e. The summed E-state index contributed by atoms with van der Waals surface area (Å²) < 4.78 is 0. The zero-order valence-corrected chi connectivity index (χ0v) is 9.23. The number of nitrogens with one attached hydrogen (secondary N) is 2. The van der Waals surface area contributed by atoms with Crippen LogP contribution in [0.1, 0.15) is 36.2 Å². The Balaban J connectivity index is 1.95. The molecule has 0 aromatic carbocycles. The van der Waals surface area contributed by atoms with Crippen molar-refractivity contribution in [2.24, 2.45) is 0 Å². The Morgan fingerprint density at radius 2 is 2.00 bits per heavy atom. The van der Waals surface area contributed by atoms with Crippen LogP contribution in [0.25, 0.3) is 0 Å². The van der Waals surface area contributed by atoms with Crippen LogP contribution in [0.15, 0.2) is 16.9 Å². The number of Topliss-reactive ketones (excluding diaryl/α,β-unsaturated/α-hetero) is 1. The van der Waals surface area contributed by atoms with Gasteiger partial charge in [0.1, 0.15) is 11.5 Å². The Kier molecular flexibility index (Phi) is 3.32. The van der Waals surface area contributed by atoms with Crippen molar-refractivity contribution in [3.63, 3.8) is 0 Å². The topological polar surface area (TPSA) is 91.9 Å². The van der Waals surface area contributed by atoms with Gasteiger partial charge in [-0.2, -0.15) is 5.10 Å². The molecule has 2 N–H and O–H groups in total. The first-order valence-electron chi connectivity index (χ1n) is 5.53. The largest absolute Gasteiger partial charge is 0.348 e. The lowest BCUT2D eigenvalue weighted by Crippen LogP contribution is -2.38. The van der Waals surface area contributed by atoms with E-state index in [1.807, 2.05) is 0 Å². The Morgan fingerprint density at radius 1 is 1.29 bits per heavy atom. The Morgan fingerprint density at radius 3 is 2.59 bits per heavy atom. The second kappa shape index (κ2) is 4.90. The molecule has 1 heterocycles. The molecule has 6 nitrogen and oxygen atoms in total. The van der Waals surface area contributed by atoms with E-state index < -0.39 is 0 Å². The van der Waals surface area contributed by atoms with Gasteiger partial charge in [0.05, 0.1) is 0 Å². The summed E-state index contributed by atoms with van der Waals surface area (Å²) in [7, 11) is 0. The molecule has 6 heteroatoms. The van der Waals surface area contributed by atoms with E-state index in [0.29, 0.717) is 25.7 Å². The smallest absolute Gasteiger partial charge is 0.271 e. The standard InChI is InChI=1S/C11H13N3O3/c15-8-3-1-7(2-4-8)12-11(17)9-5-6-10(16)14-13-9/h5-7H,1-4H2,(H,12,17)(H,14,16). The van der Waals surface area contributed by atoms with Gasteiger partial charge < -0.3 is 5.32 Å². The molecular weight excluding hydrogens is 222 g/mol. The highest BCUT2D eigenvalue weighted by atomic mass is 16.2. The van der Waals surface area contributed by atoms with Crippen molar-refractivity contribution < 1.29 is 9.59 Å². The summed E-state index contributed by atoms with van der Waals surface area (Å²) in [6.07, 6.45) is 2.38. The number of ketones is 1.